The number of carbonyl (C=O) groups is 1. The minimum atomic E-state index is 0.0443. The largest absolute Gasteiger partial charge is 0.465 e. The molecule has 0 aromatic heterocycles. The van der Waals surface area contributed by atoms with Gasteiger partial charge in [-0.25, -0.2) is 0 Å². The molecule has 120 valence electrons. The lowest BCUT2D eigenvalue weighted by Gasteiger charge is -2.17. The highest BCUT2D eigenvalue weighted by atomic mass is 16.5. The van der Waals surface area contributed by atoms with E-state index in [4.69, 9.17) is 4.74 Å². The van der Waals surface area contributed by atoms with E-state index in [2.05, 4.69) is 34.6 Å². The Labute approximate surface area is 126 Å². The van der Waals surface area contributed by atoms with Crippen LogP contribution in [-0.2, 0) is 9.53 Å². The van der Waals surface area contributed by atoms with E-state index in [0.717, 1.165) is 32.1 Å². The van der Waals surface area contributed by atoms with E-state index in [1.807, 2.05) is 0 Å². The van der Waals surface area contributed by atoms with E-state index in [1.165, 1.54) is 19.3 Å². The second kappa shape index (κ2) is 12.2. The van der Waals surface area contributed by atoms with E-state index in [1.54, 1.807) is 0 Å². The summed E-state index contributed by atoms with van der Waals surface area (Å²) in [5.74, 6) is 1.43. The van der Waals surface area contributed by atoms with Crippen LogP contribution >= 0.6 is 0 Å². The van der Waals surface area contributed by atoms with E-state index in [9.17, 15) is 4.79 Å². The van der Waals surface area contributed by atoms with Crippen LogP contribution in [0, 0.1) is 17.8 Å². The SMILES string of the molecule is CCCCCCC(CCC(C)C)C(=O)OCCC(C)C. The van der Waals surface area contributed by atoms with E-state index >= 15 is 0 Å². The molecule has 0 aliphatic heterocycles. The fraction of sp³-hybridized carbons (Fsp3) is 0.944. The summed E-state index contributed by atoms with van der Waals surface area (Å²) in [6.07, 6.45) is 9.02. The number of hydrogen-bond donors (Lipinski definition) is 0. The van der Waals surface area contributed by atoms with Gasteiger partial charge in [0.05, 0.1) is 12.5 Å². The first-order valence-electron chi connectivity index (χ1n) is 8.64. The summed E-state index contributed by atoms with van der Waals surface area (Å²) in [6, 6.07) is 0. The summed E-state index contributed by atoms with van der Waals surface area (Å²) in [5, 5.41) is 0. The van der Waals surface area contributed by atoms with E-state index in [-0.39, 0.29) is 11.9 Å². The second-order valence-electron chi connectivity index (χ2n) is 6.87. The molecule has 1 unspecified atom stereocenters. The third-order valence-electron chi connectivity index (χ3n) is 3.77. The normalized spacial score (nSPS) is 12.9. The molecular weight excluding hydrogens is 248 g/mol. The number of carbonyl (C=O) groups excluding carboxylic acids is 1. The van der Waals surface area contributed by atoms with Crippen molar-refractivity contribution in [2.45, 2.75) is 86.0 Å². The first-order chi connectivity index (χ1) is 9.47. The molecule has 0 saturated heterocycles. The molecule has 0 aliphatic rings. The van der Waals surface area contributed by atoms with Crippen LogP contribution in [0.1, 0.15) is 86.0 Å². The topological polar surface area (TPSA) is 26.3 Å². The smallest absolute Gasteiger partial charge is 0.308 e. The average Bonchev–Trinajstić information content (AvgIpc) is 2.37. The van der Waals surface area contributed by atoms with Crippen LogP contribution in [-0.4, -0.2) is 12.6 Å². The Morgan fingerprint density at radius 2 is 1.50 bits per heavy atom. The number of unbranched alkanes of at least 4 members (excludes halogenated alkanes) is 3. The lowest BCUT2D eigenvalue weighted by molar-refractivity contribution is -0.149. The van der Waals surface area contributed by atoms with Gasteiger partial charge in [-0.3, -0.25) is 4.79 Å². The van der Waals surface area contributed by atoms with Gasteiger partial charge in [-0.05, 0) is 31.1 Å². The molecule has 0 saturated carbocycles. The van der Waals surface area contributed by atoms with Crippen LogP contribution in [0.15, 0.2) is 0 Å². The maximum atomic E-state index is 12.2. The van der Waals surface area contributed by atoms with Gasteiger partial charge in [0, 0.05) is 0 Å². The molecule has 0 aliphatic carbocycles. The Hall–Kier alpha value is -0.530. The molecule has 2 nitrogen and oxygen atoms in total. The first-order valence-corrected chi connectivity index (χ1v) is 8.64. The monoisotopic (exact) mass is 284 g/mol. The Bertz CT molecular complexity index is 234. The number of hydrogen-bond acceptors (Lipinski definition) is 2. The maximum absolute atomic E-state index is 12.2. The van der Waals surface area contributed by atoms with Gasteiger partial charge in [0.2, 0.25) is 0 Å². The lowest BCUT2D eigenvalue weighted by atomic mass is 9.93. The van der Waals surface area contributed by atoms with Crippen LogP contribution < -0.4 is 0 Å². The lowest BCUT2D eigenvalue weighted by Crippen LogP contribution is -2.19. The van der Waals surface area contributed by atoms with Crippen molar-refractivity contribution < 1.29 is 9.53 Å². The van der Waals surface area contributed by atoms with Gasteiger partial charge in [0.15, 0.2) is 0 Å². The highest BCUT2D eigenvalue weighted by Crippen LogP contribution is 2.21. The Morgan fingerprint density at radius 1 is 0.850 bits per heavy atom. The van der Waals surface area contributed by atoms with Gasteiger partial charge in [0.25, 0.3) is 0 Å². The molecule has 2 heteroatoms. The summed E-state index contributed by atoms with van der Waals surface area (Å²) >= 11 is 0. The Kier molecular flexibility index (Phi) is 11.9. The molecule has 0 radical (unpaired) electrons. The van der Waals surface area contributed by atoms with Gasteiger partial charge in [0.1, 0.15) is 0 Å². The minimum absolute atomic E-state index is 0.0443. The zero-order chi connectivity index (χ0) is 15.4. The van der Waals surface area contributed by atoms with Crippen LogP contribution in [0.5, 0.6) is 0 Å². The maximum Gasteiger partial charge on any atom is 0.308 e. The van der Waals surface area contributed by atoms with Crippen molar-refractivity contribution in [3.8, 4) is 0 Å². The van der Waals surface area contributed by atoms with Crippen molar-refractivity contribution in [2.75, 3.05) is 6.61 Å². The first kappa shape index (κ1) is 19.5. The standard InChI is InChI=1S/C18H36O2/c1-6-7-8-9-10-17(12-11-15(2)3)18(19)20-14-13-16(4)5/h15-17H,6-14H2,1-5H3. The van der Waals surface area contributed by atoms with Crippen molar-refractivity contribution in [3.05, 3.63) is 0 Å². The molecule has 0 bridgehead atoms. The molecule has 0 rings (SSSR count). The fourth-order valence-corrected chi connectivity index (χ4v) is 2.25. The Morgan fingerprint density at radius 3 is 2.05 bits per heavy atom. The molecule has 0 fully saturated rings. The van der Waals surface area contributed by atoms with E-state index in [0.29, 0.717) is 18.4 Å². The third kappa shape index (κ3) is 11.3. The molecule has 0 N–H and O–H groups in total. The predicted molar refractivity (Wildman–Crippen MR) is 86.7 cm³/mol. The zero-order valence-electron chi connectivity index (χ0n) is 14.4. The summed E-state index contributed by atoms with van der Waals surface area (Å²) in [5.41, 5.74) is 0. The Balaban J connectivity index is 4.09. The summed E-state index contributed by atoms with van der Waals surface area (Å²) in [6.45, 7) is 11.6. The average molecular weight is 284 g/mol. The predicted octanol–water partition coefficient (Wildman–Crippen LogP) is 5.60. The van der Waals surface area contributed by atoms with Crippen molar-refractivity contribution in [1.29, 1.82) is 0 Å². The van der Waals surface area contributed by atoms with Gasteiger partial charge >= 0.3 is 5.97 Å². The van der Waals surface area contributed by atoms with Crippen LogP contribution in [0.25, 0.3) is 0 Å². The van der Waals surface area contributed by atoms with Crippen LogP contribution in [0.3, 0.4) is 0 Å². The van der Waals surface area contributed by atoms with Gasteiger partial charge in [-0.15, -0.1) is 0 Å². The number of rotatable bonds is 12. The molecule has 1 atom stereocenters. The highest BCUT2D eigenvalue weighted by Gasteiger charge is 2.19. The third-order valence-corrected chi connectivity index (χ3v) is 3.77. The molecule has 20 heavy (non-hydrogen) atoms. The molecular formula is C18H36O2. The second-order valence-corrected chi connectivity index (χ2v) is 6.87. The summed E-state index contributed by atoms with van der Waals surface area (Å²) < 4.78 is 5.47. The zero-order valence-corrected chi connectivity index (χ0v) is 14.4. The quantitative estimate of drug-likeness (QED) is 0.344. The van der Waals surface area contributed by atoms with Crippen molar-refractivity contribution in [1.82, 2.24) is 0 Å². The number of ether oxygens (including phenoxy) is 1. The van der Waals surface area contributed by atoms with Crippen molar-refractivity contribution in [3.63, 3.8) is 0 Å². The summed E-state index contributed by atoms with van der Waals surface area (Å²) in [4.78, 5) is 12.2. The van der Waals surface area contributed by atoms with Crippen molar-refractivity contribution in [2.24, 2.45) is 17.8 Å². The van der Waals surface area contributed by atoms with Gasteiger partial charge in [-0.1, -0.05) is 66.7 Å². The molecule has 0 heterocycles. The highest BCUT2D eigenvalue weighted by molar-refractivity contribution is 5.72. The van der Waals surface area contributed by atoms with Crippen LogP contribution in [0.2, 0.25) is 0 Å². The molecule has 0 amide bonds. The minimum Gasteiger partial charge on any atom is -0.465 e. The molecule has 0 aromatic carbocycles. The van der Waals surface area contributed by atoms with Crippen LogP contribution in [0.4, 0.5) is 0 Å². The molecule has 0 aromatic rings. The van der Waals surface area contributed by atoms with Gasteiger partial charge < -0.3 is 4.74 Å². The van der Waals surface area contributed by atoms with E-state index < -0.39 is 0 Å². The molecule has 0 spiro atoms. The van der Waals surface area contributed by atoms with Crippen molar-refractivity contribution >= 4 is 5.97 Å². The summed E-state index contributed by atoms with van der Waals surface area (Å²) in [7, 11) is 0. The number of esters is 1. The fourth-order valence-electron chi connectivity index (χ4n) is 2.25. The van der Waals surface area contributed by atoms with Gasteiger partial charge in [-0.2, -0.15) is 0 Å².